The van der Waals surface area contributed by atoms with Crippen LogP contribution < -0.4 is 11.1 Å². The van der Waals surface area contributed by atoms with Crippen LogP contribution >= 0.6 is 11.3 Å². The van der Waals surface area contributed by atoms with Crippen LogP contribution in [0.5, 0.6) is 0 Å². The second kappa shape index (κ2) is 10.9. The highest BCUT2D eigenvalue weighted by molar-refractivity contribution is 7.13. The molecule has 33 heavy (non-hydrogen) atoms. The van der Waals surface area contributed by atoms with Crippen LogP contribution in [0, 0.1) is 0 Å². The number of carbonyl (C=O) groups excluding carboxylic acids is 2. The molecule has 3 aromatic rings. The number of rotatable bonds is 8. The minimum Gasteiger partial charge on any atom is -0.375 e. The van der Waals surface area contributed by atoms with Gasteiger partial charge in [0, 0.05) is 30.8 Å². The van der Waals surface area contributed by atoms with Crippen molar-refractivity contribution in [1.82, 2.24) is 15.2 Å². The van der Waals surface area contributed by atoms with E-state index >= 15 is 0 Å². The Morgan fingerprint density at radius 1 is 1.12 bits per heavy atom. The molecular formula is C26H28N4O2S. The number of nitrogens with one attached hydrogen (secondary N) is 1. The molecular weight excluding hydrogens is 432 g/mol. The van der Waals surface area contributed by atoms with Gasteiger partial charge >= 0.3 is 0 Å². The molecule has 2 heterocycles. The Balaban J connectivity index is 1.39. The molecule has 3 N–H and O–H groups in total. The lowest BCUT2D eigenvalue weighted by atomic mass is 9.88. The van der Waals surface area contributed by atoms with Gasteiger partial charge in [-0.05, 0) is 30.0 Å². The van der Waals surface area contributed by atoms with E-state index in [1.54, 1.807) is 4.90 Å². The molecule has 1 aliphatic rings. The minimum absolute atomic E-state index is 0.0128. The van der Waals surface area contributed by atoms with E-state index in [0.29, 0.717) is 31.1 Å². The van der Waals surface area contributed by atoms with Crippen LogP contribution in [0.4, 0.5) is 5.13 Å². The van der Waals surface area contributed by atoms with Crippen molar-refractivity contribution in [2.24, 2.45) is 0 Å². The van der Waals surface area contributed by atoms with Crippen LogP contribution in [0.3, 0.4) is 0 Å². The summed E-state index contributed by atoms with van der Waals surface area (Å²) in [5.41, 5.74) is 8.61. The molecule has 7 heteroatoms. The van der Waals surface area contributed by atoms with Gasteiger partial charge in [0.25, 0.3) is 0 Å². The first kappa shape index (κ1) is 22.7. The number of carbonyl (C=O) groups is 2. The number of nitrogens with zero attached hydrogens (tertiary/aromatic N) is 2. The van der Waals surface area contributed by atoms with Gasteiger partial charge in [0.1, 0.15) is 6.04 Å². The fourth-order valence-electron chi connectivity index (χ4n) is 4.26. The first-order valence-electron chi connectivity index (χ1n) is 11.2. The van der Waals surface area contributed by atoms with Gasteiger partial charge in [0.15, 0.2) is 5.13 Å². The summed E-state index contributed by atoms with van der Waals surface area (Å²) in [6.07, 6.45) is 5.52. The van der Waals surface area contributed by atoms with E-state index in [1.807, 2.05) is 53.9 Å². The summed E-state index contributed by atoms with van der Waals surface area (Å²) in [5, 5.41) is 5.31. The normalized spacial score (nSPS) is 15.9. The molecule has 0 aliphatic carbocycles. The fourth-order valence-corrected chi connectivity index (χ4v) is 4.79. The fraction of sp³-hybridized carbons (Fsp3) is 0.269. The van der Waals surface area contributed by atoms with Gasteiger partial charge in [-0.1, -0.05) is 66.7 Å². The predicted molar refractivity (Wildman–Crippen MR) is 133 cm³/mol. The summed E-state index contributed by atoms with van der Waals surface area (Å²) in [7, 11) is 0. The Morgan fingerprint density at radius 2 is 1.79 bits per heavy atom. The van der Waals surface area contributed by atoms with E-state index < -0.39 is 6.04 Å². The van der Waals surface area contributed by atoms with Gasteiger partial charge in [0.2, 0.25) is 11.8 Å². The number of benzene rings is 2. The standard InChI is InChI=1S/C26H28N4O2S/c27-26-29-21(18-33-26)13-7-15-28-25(32)23-14-8-16-30(23)24(31)17-22(19-9-3-1-4-10-19)20-11-5-2-6-12-20/h1-7,9-13,18,22-23H,8,14-17H2,(H2,27,29)(H,28,32)/b13-7+/t23-/m0/s1. The summed E-state index contributed by atoms with van der Waals surface area (Å²) < 4.78 is 0. The highest BCUT2D eigenvalue weighted by Crippen LogP contribution is 2.30. The SMILES string of the molecule is Nc1nc(/C=C/CNC(=O)[C@@H]2CCCN2C(=O)CC(c2ccccc2)c2ccccc2)cs1. The Morgan fingerprint density at radius 3 is 2.39 bits per heavy atom. The number of hydrogen-bond donors (Lipinski definition) is 2. The van der Waals surface area contributed by atoms with E-state index in [-0.39, 0.29) is 17.7 Å². The smallest absolute Gasteiger partial charge is 0.243 e. The van der Waals surface area contributed by atoms with Crippen molar-refractivity contribution in [1.29, 1.82) is 0 Å². The molecule has 1 atom stereocenters. The lowest BCUT2D eigenvalue weighted by Crippen LogP contribution is -2.46. The van der Waals surface area contributed by atoms with Crippen molar-refractivity contribution >= 4 is 34.4 Å². The van der Waals surface area contributed by atoms with E-state index in [4.69, 9.17) is 5.73 Å². The van der Waals surface area contributed by atoms with Gasteiger partial charge in [-0.3, -0.25) is 9.59 Å². The van der Waals surface area contributed by atoms with Crippen LogP contribution in [0.2, 0.25) is 0 Å². The molecule has 1 aromatic heterocycles. The van der Waals surface area contributed by atoms with Crippen molar-refractivity contribution in [3.63, 3.8) is 0 Å². The number of hydrogen-bond acceptors (Lipinski definition) is 5. The Kier molecular flexibility index (Phi) is 7.52. The molecule has 0 bridgehead atoms. The second-order valence-electron chi connectivity index (χ2n) is 8.08. The van der Waals surface area contributed by atoms with Crippen LogP contribution in [0.25, 0.3) is 6.08 Å². The molecule has 0 spiro atoms. The lowest BCUT2D eigenvalue weighted by molar-refractivity contribution is -0.138. The number of anilines is 1. The second-order valence-corrected chi connectivity index (χ2v) is 8.97. The van der Waals surface area contributed by atoms with Gasteiger partial charge in [-0.15, -0.1) is 11.3 Å². The molecule has 4 rings (SSSR count). The zero-order chi connectivity index (χ0) is 23.0. The van der Waals surface area contributed by atoms with Crippen molar-refractivity contribution in [2.75, 3.05) is 18.8 Å². The Hall–Kier alpha value is -3.45. The van der Waals surface area contributed by atoms with Gasteiger partial charge in [-0.2, -0.15) is 0 Å². The molecule has 1 fully saturated rings. The van der Waals surface area contributed by atoms with E-state index in [1.165, 1.54) is 11.3 Å². The number of amides is 2. The van der Waals surface area contributed by atoms with Gasteiger partial charge < -0.3 is 16.0 Å². The van der Waals surface area contributed by atoms with Crippen molar-refractivity contribution in [3.05, 3.63) is 88.9 Å². The summed E-state index contributed by atoms with van der Waals surface area (Å²) in [4.78, 5) is 32.1. The van der Waals surface area contributed by atoms with Crippen LogP contribution in [0.1, 0.15) is 42.0 Å². The average Bonchev–Trinajstić information content (AvgIpc) is 3.50. The Bertz CT molecular complexity index is 1060. The lowest BCUT2D eigenvalue weighted by Gasteiger charge is -2.26. The van der Waals surface area contributed by atoms with Crippen molar-refractivity contribution in [2.45, 2.75) is 31.2 Å². The molecule has 170 valence electrons. The summed E-state index contributed by atoms with van der Waals surface area (Å²) in [6, 6.07) is 19.7. The maximum absolute atomic E-state index is 13.3. The molecule has 0 radical (unpaired) electrons. The van der Waals surface area contributed by atoms with Gasteiger partial charge in [-0.25, -0.2) is 4.98 Å². The highest BCUT2D eigenvalue weighted by atomic mass is 32.1. The molecule has 1 saturated heterocycles. The highest BCUT2D eigenvalue weighted by Gasteiger charge is 2.34. The molecule has 2 aromatic carbocycles. The van der Waals surface area contributed by atoms with Crippen molar-refractivity contribution < 1.29 is 9.59 Å². The predicted octanol–water partition coefficient (Wildman–Crippen LogP) is 4.07. The molecule has 1 aliphatic heterocycles. The zero-order valence-electron chi connectivity index (χ0n) is 18.4. The van der Waals surface area contributed by atoms with Crippen LogP contribution in [-0.2, 0) is 9.59 Å². The molecule has 0 saturated carbocycles. The topological polar surface area (TPSA) is 88.3 Å². The van der Waals surface area contributed by atoms with Crippen molar-refractivity contribution in [3.8, 4) is 0 Å². The quantitative estimate of drug-likeness (QED) is 0.530. The maximum atomic E-state index is 13.3. The summed E-state index contributed by atoms with van der Waals surface area (Å²) in [6.45, 7) is 0.993. The van der Waals surface area contributed by atoms with E-state index in [0.717, 1.165) is 23.2 Å². The zero-order valence-corrected chi connectivity index (χ0v) is 19.2. The monoisotopic (exact) mass is 460 g/mol. The Labute approximate surface area is 198 Å². The summed E-state index contributed by atoms with van der Waals surface area (Å²) in [5.74, 6) is -0.143. The van der Waals surface area contributed by atoms with Crippen LogP contribution in [-0.4, -0.2) is 40.8 Å². The average molecular weight is 461 g/mol. The molecule has 6 nitrogen and oxygen atoms in total. The first-order valence-corrected chi connectivity index (χ1v) is 12.0. The maximum Gasteiger partial charge on any atom is 0.243 e. The number of nitrogens with two attached hydrogens (primary N) is 1. The third-order valence-corrected chi connectivity index (χ3v) is 6.57. The number of likely N-dealkylation sites (tertiary alicyclic amines) is 1. The summed E-state index contributed by atoms with van der Waals surface area (Å²) >= 11 is 1.38. The number of aromatic nitrogens is 1. The van der Waals surface area contributed by atoms with E-state index in [9.17, 15) is 9.59 Å². The first-order chi connectivity index (χ1) is 16.1. The molecule has 0 unspecified atom stereocenters. The largest absolute Gasteiger partial charge is 0.375 e. The third kappa shape index (κ3) is 5.87. The molecule has 2 amide bonds. The van der Waals surface area contributed by atoms with E-state index in [2.05, 4.69) is 34.6 Å². The third-order valence-electron chi connectivity index (χ3n) is 5.88. The number of nitrogen functional groups attached to an aromatic ring is 1. The van der Waals surface area contributed by atoms with Gasteiger partial charge in [0.05, 0.1) is 5.69 Å². The van der Waals surface area contributed by atoms with Crippen LogP contribution in [0.15, 0.2) is 72.1 Å². The number of thiazole rings is 1. The minimum atomic E-state index is -0.423.